The van der Waals surface area contributed by atoms with Gasteiger partial charge in [0.2, 0.25) is 10.0 Å². The smallest absolute Gasteiger partial charge is 0.269 e. The fourth-order valence-corrected chi connectivity index (χ4v) is 2.86. The second-order valence-corrected chi connectivity index (χ2v) is 5.82. The predicted octanol–water partition coefficient (Wildman–Crippen LogP) is 2.23. The molecule has 2 rings (SSSR count). The number of non-ortho nitro benzene ring substituents is 1. The van der Waals surface area contributed by atoms with Crippen LogP contribution < -0.4 is 4.72 Å². The van der Waals surface area contributed by atoms with Crippen LogP contribution in [-0.2, 0) is 10.0 Å². The SMILES string of the molecule is C[C@H](NS(=O)(=O)c1ccc([N+](=O)[O-])cc1)c1ccco1. The van der Waals surface area contributed by atoms with Crippen molar-refractivity contribution in [2.45, 2.75) is 17.9 Å². The van der Waals surface area contributed by atoms with Crippen LogP contribution >= 0.6 is 0 Å². The lowest BCUT2D eigenvalue weighted by molar-refractivity contribution is -0.384. The summed E-state index contributed by atoms with van der Waals surface area (Å²) in [4.78, 5) is 9.89. The molecule has 0 unspecified atom stereocenters. The number of furan rings is 1. The van der Waals surface area contributed by atoms with Crippen LogP contribution in [0.25, 0.3) is 0 Å². The molecule has 0 aliphatic carbocycles. The molecule has 1 aromatic heterocycles. The molecule has 7 nitrogen and oxygen atoms in total. The molecule has 0 saturated heterocycles. The van der Waals surface area contributed by atoms with Crippen molar-refractivity contribution in [1.29, 1.82) is 0 Å². The van der Waals surface area contributed by atoms with E-state index >= 15 is 0 Å². The van der Waals surface area contributed by atoms with Gasteiger partial charge >= 0.3 is 0 Å². The molecule has 0 amide bonds. The lowest BCUT2D eigenvalue weighted by Gasteiger charge is -2.11. The summed E-state index contributed by atoms with van der Waals surface area (Å²) in [6.07, 6.45) is 1.45. The van der Waals surface area contributed by atoms with Crippen molar-refractivity contribution < 1.29 is 17.8 Å². The first-order valence-corrected chi connectivity index (χ1v) is 7.18. The van der Waals surface area contributed by atoms with Crippen molar-refractivity contribution in [3.05, 3.63) is 58.5 Å². The Morgan fingerprint density at radius 1 is 1.25 bits per heavy atom. The van der Waals surface area contributed by atoms with Gasteiger partial charge in [-0.3, -0.25) is 10.1 Å². The number of hydrogen-bond donors (Lipinski definition) is 1. The molecule has 0 saturated carbocycles. The van der Waals surface area contributed by atoms with E-state index in [1.165, 1.54) is 18.4 Å². The van der Waals surface area contributed by atoms with Crippen molar-refractivity contribution in [1.82, 2.24) is 4.72 Å². The summed E-state index contributed by atoms with van der Waals surface area (Å²) in [5.41, 5.74) is -0.164. The van der Waals surface area contributed by atoms with E-state index in [9.17, 15) is 18.5 Å². The molecule has 0 aliphatic rings. The van der Waals surface area contributed by atoms with E-state index in [0.29, 0.717) is 5.76 Å². The zero-order valence-corrected chi connectivity index (χ0v) is 11.3. The van der Waals surface area contributed by atoms with Crippen LogP contribution in [0.5, 0.6) is 0 Å². The molecule has 0 radical (unpaired) electrons. The van der Waals surface area contributed by atoms with Gasteiger partial charge in [0.15, 0.2) is 0 Å². The van der Waals surface area contributed by atoms with Crippen molar-refractivity contribution in [3.63, 3.8) is 0 Å². The van der Waals surface area contributed by atoms with Gasteiger partial charge in [-0.1, -0.05) is 0 Å². The molecule has 0 bridgehead atoms. The van der Waals surface area contributed by atoms with Gasteiger partial charge in [-0.05, 0) is 31.2 Å². The van der Waals surface area contributed by atoms with Gasteiger partial charge in [-0.25, -0.2) is 13.1 Å². The third-order valence-electron chi connectivity index (χ3n) is 2.66. The number of hydrogen-bond acceptors (Lipinski definition) is 5. The van der Waals surface area contributed by atoms with Crippen LogP contribution in [-0.4, -0.2) is 13.3 Å². The van der Waals surface area contributed by atoms with Gasteiger partial charge in [0.1, 0.15) is 5.76 Å². The fraction of sp³-hybridized carbons (Fsp3) is 0.167. The van der Waals surface area contributed by atoms with E-state index < -0.39 is 21.0 Å². The van der Waals surface area contributed by atoms with Gasteiger partial charge in [0, 0.05) is 12.1 Å². The summed E-state index contributed by atoms with van der Waals surface area (Å²) in [6.45, 7) is 1.64. The molecule has 8 heteroatoms. The third kappa shape index (κ3) is 3.03. The maximum Gasteiger partial charge on any atom is 0.269 e. The third-order valence-corrected chi connectivity index (χ3v) is 4.22. The Bertz CT molecular complexity index is 692. The largest absolute Gasteiger partial charge is 0.468 e. The summed E-state index contributed by atoms with van der Waals surface area (Å²) >= 11 is 0. The molecular formula is C12H12N2O5S. The molecule has 1 aromatic carbocycles. The molecule has 0 fully saturated rings. The number of benzene rings is 1. The predicted molar refractivity (Wildman–Crippen MR) is 70.5 cm³/mol. The van der Waals surface area contributed by atoms with Gasteiger partial charge in [-0.15, -0.1) is 0 Å². The maximum atomic E-state index is 12.1. The fourth-order valence-electron chi connectivity index (χ4n) is 1.64. The highest BCUT2D eigenvalue weighted by Crippen LogP contribution is 2.19. The Kier molecular flexibility index (Phi) is 3.86. The highest BCUT2D eigenvalue weighted by molar-refractivity contribution is 7.89. The number of sulfonamides is 1. The van der Waals surface area contributed by atoms with Gasteiger partial charge in [0.25, 0.3) is 5.69 Å². The van der Waals surface area contributed by atoms with Gasteiger partial charge in [-0.2, -0.15) is 0 Å². The van der Waals surface area contributed by atoms with Crippen molar-refractivity contribution in [2.24, 2.45) is 0 Å². The molecule has 1 heterocycles. The number of nitrogens with zero attached hydrogens (tertiary/aromatic N) is 1. The molecule has 1 atom stereocenters. The highest BCUT2D eigenvalue weighted by atomic mass is 32.2. The Balaban J connectivity index is 2.20. The zero-order chi connectivity index (χ0) is 14.8. The van der Waals surface area contributed by atoms with Crippen molar-refractivity contribution in [3.8, 4) is 0 Å². The monoisotopic (exact) mass is 296 g/mol. The first-order chi connectivity index (χ1) is 9.40. The van der Waals surface area contributed by atoms with Gasteiger partial charge < -0.3 is 4.42 Å². The molecule has 2 aromatic rings. The Labute approximate surface area is 115 Å². The van der Waals surface area contributed by atoms with Crippen LogP contribution in [0.15, 0.2) is 52.0 Å². The van der Waals surface area contributed by atoms with Crippen LogP contribution in [0.1, 0.15) is 18.7 Å². The lowest BCUT2D eigenvalue weighted by Crippen LogP contribution is -2.26. The second-order valence-electron chi connectivity index (χ2n) is 4.11. The van der Waals surface area contributed by atoms with E-state index in [0.717, 1.165) is 12.1 Å². The highest BCUT2D eigenvalue weighted by Gasteiger charge is 2.20. The average Bonchev–Trinajstić information content (AvgIpc) is 2.92. The Morgan fingerprint density at radius 3 is 2.40 bits per heavy atom. The van der Waals surface area contributed by atoms with E-state index in [-0.39, 0.29) is 10.6 Å². The molecule has 0 aliphatic heterocycles. The molecular weight excluding hydrogens is 284 g/mol. The second kappa shape index (κ2) is 5.43. The molecule has 0 spiro atoms. The maximum absolute atomic E-state index is 12.1. The summed E-state index contributed by atoms with van der Waals surface area (Å²) in [5.74, 6) is 0.482. The molecule has 1 N–H and O–H groups in total. The zero-order valence-electron chi connectivity index (χ0n) is 10.5. The molecule has 106 valence electrons. The summed E-state index contributed by atoms with van der Waals surface area (Å²) in [6, 6.07) is 7.45. The minimum absolute atomic E-state index is 0.0403. The van der Waals surface area contributed by atoms with E-state index in [1.807, 2.05) is 0 Å². The standard InChI is InChI=1S/C12H12N2O5S/c1-9(12-3-2-8-19-12)13-20(17,18)11-6-4-10(5-7-11)14(15)16/h2-9,13H,1H3/t9-/m0/s1. The van der Waals surface area contributed by atoms with Crippen molar-refractivity contribution >= 4 is 15.7 Å². The number of rotatable bonds is 5. The number of nitro groups is 1. The van der Waals surface area contributed by atoms with Gasteiger partial charge in [0.05, 0.1) is 22.1 Å². The minimum atomic E-state index is -3.76. The van der Waals surface area contributed by atoms with Crippen LogP contribution in [0, 0.1) is 10.1 Å². The first-order valence-electron chi connectivity index (χ1n) is 5.70. The van der Waals surface area contributed by atoms with E-state index in [4.69, 9.17) is 4.42 Å². The Morgan fingerprint density at radius 2 is 1.90 bits per heavy atom. The first kappa shape index (κ1) is 14.2. The number of nitrogens with one attached hydrogen (secondary N) is 1. The Hall–Kier alpha value is -2.19. The topological polar surface area (TPSA) is 102 Å². The van der Waals surface area contributed by atoms with Crippen LogP contribution in [0.3, 0.4) is 0 Å². The lowest BCUT2D eigenvalue weighted by atomic mass is 10.3. The van der Waals surface area contributed by atoms with E-state index in [2.05, 4.69) is 4.72 Å². The molecule has 20 heavy (non-hydrogen) atoms. The number of nitro benzene ring substituents is 1. The van der Waals surface area contributed by atoms with E-state index in [1.54, 1.807) is 19.1 Å². The average molecular weight is 296 g/mol. The summed E-state index contributed by atoms with van der Waals surface area (Å²) in [5, 5.41) is 10.5. The summed E-state index contributed by atoms with van der Waals surface area (Å²) in [7, 11) is -3.76. The van der Waals surface area contributed by atoms with Crippen LogP contribution in [0.4, 0.5) is 5.69 Å². The van der Waals surface area contributed by atoms with Crippen LogP contribution in [0.2, 0.25) is 0 Å². The minimum Gasteiger partial charge on any atom is -0.468 e. The van der Waals surface area contributed by atoms with Crippen molar-refractivity contribution in [2.75, 3.05) is 0 Å². The quantitative estimate of drug-likeness (QED) is 0.673. The summed E-state index contributed by atoms with van der Waals surface area (Å²) < 4.78 is 31.7. The normalized spacial score (nSPS) is 13.1.